The molecule has 0 bridgehead atoms. The van der Waals surface area contributed by atoms with E-state index in [0.717, 1.165) is 5.56 Å². The fraction of sp³-hybridized carbons (Fsp3) is 0.158. The molecule has 0 aliphatic rings. The largest absolute Gasteiger partial charge is 0.435 e. The molecule has 0 radical (unpaired) electrons. The van der Waals surface area contributed by atoms with Gasteiger partial charge in [-0.2, -0.15) is 8.78 Å². The van der Waals surface area contributed by atoms with Gasteiger partial charge in [0.1, 0.15) is 11.5 Å². The first-order chi connectivity index (χ1) is 13.0. The lowest BCUT2D eigenvalue weighted by Gasteiger charge is -2.13. The lowest BCUT2D eigenvalue weighted by Crippen LogP contribution is -2.19. The zero-order valence-electron chi connectivity index (χ0n) is 14.4. The molecule has 0 aliphatic heterocycles. The molecule has 2 amide bonds. The van der Waals surface area contributed by atoms with Crippen LogP contribution in [0.25, 0.3) is 0 Å². The first kappa shape index (κ1) is 18.4. The number of anilines is 2. The molecule has 6 nitrogen and oxygen atoms in total. The second kappa shape index (κ2) is 8.31. The maximum absolute atomic E-state index is 12.7. The van der Waals surface area contributed by atoms with Crippen LogP contribution in [-0.2, 0) is 6.42 Å². The van der Waals surface area contributed by atoms with Crippen LogP contribution in [0, 0.1) is 6.92 Å². The number of aromatic nitrogens is 1. The Labute approximate surface area is 154 Å². The van der Waals surface area contributed by atoms with E-state index < -0.39 is 12.6 Å². The Hall–Kier alpha value is -3.42. The summed E-state index contributed by atoms with van der Waals surface area (Å²) in [5.74, 6) is 0.892. The molecule has 8 heteroatoms. The number of aryl methyl sites for hydroxylation is 1. The number of nitrogens with zero attached hydrogens (tertiary/aromatic N) is 1. The van der Waals surface area contributed by atoms with E-state index in [4.69, 9.17) is 4.52 Å². The number of halogens is 2. The molecule has 2 aromatic carbocycles. The highest BCUT2D eigenvalue weighted by atomic mass is 19.3. The summed E-state index contributed by atoms with van der Waals surface area (Å²) in [6, 6.07) is 14.9. The van der Waals surface area contributed by atoms with Gasteiger partial charge < -0.3 is 14.6 Å². The van der Waals surface area contributed by atoms with Crippen LogP contribution < -0.4 is 15.4 Å². The van der Waals surface area contributed by atoms with Crippen molar-refractivity contribution in [3.05, 3.63) is 71.5 Å². The van der Waals surface area contributed by atoms with Crippen LogP contribution in [0.2, 0.25) is 0 Å². The van der Waals surface area contributed by atoms with Crippen LogP contribution in [0.15, 0.2) is 59.1 Å². The third-order valence-electron chi connectivity index (χ3n) is 3.64. The lowest BCUT2D eigenvalue weighted by molar-refractivity contribution is -0.0503. The maximum Gasteiger partial charge on any atom is 0.387 e. The predicted molar refractivity (Wildman–Crippen MR) is 96.2 cm³/mol. The average molecular weight is 373 g/mol. The Balaban J connectivity index is 1.77. The number of carbonyl (C=O) groups excluding carboxylic acids is 1. The second-order valence-corrected chi connectivity index (χ2v) is 5.77. The molecule has 1 aromatic heterocycles. The first-order valence-electron chi connectivity index (χ1n) is 8.12. The van der Waals surface area contributed by atoms with Gasteiger partial charge in [-0.25, -0.2) is 4.79 Å². The molecule has 0 aliphatic carbocycles. The van der Waals surface area contributed by atoms with Crippen LogP contribution in [0.5, 0.6) is 5.75 Å². The molecule has 0 saturated carbocycles. The van der Waals surface area contributed by atoms with E-state index in [1.165, 1.54) is 12.1 Å². The van der Waals surface area contributed by atoms with Crippen molar-refractivity contribution in [1.82, 2.24) is 5.16 Å². The minimum absolute atomic E-state index is 0.0620. The Kier molecular flexibility index (Phi) is 5.65. The quantitative estimate of drug-likeness (QED) is 0.650. The molecule has 0 fully saturated rings. The van der Waals surface area contributed by atoms with Crippen LogP contribution in [0.1, 0.15) is 16.9 Å². The van der Waals surface area contributed by atoms with E-state index in [2.05, 4.69) is 20.5 Å². The van der Waals surface area contributed by atoms with Gasteiger partial charge in [0.2, 0.25) is 0 Å². The third-order valence-corrected chi connectivity index (χ3v) is 3.64. The summed E-state index contributed by atoms with van der Waals surface area (Å²) in [4.78, 5) is 12.1. The number of benzene rings is 2. The van der Waals surface area contributed by atoms with Crippen molar-refractivity contribution in [3.8, 4) is 5.75 Å². The number of ether oxygens (including phenoxy) is 1. The molecular weight excluding hydrogens is 356 g/mol. The smallest absolute Gasteiger partial charge is 0.387 e. The molecular formula is C19H17F2N3O3. The Morgan fingerprint density at radius 3 is 2.59 bits per heavy atom. The molecule has 3 rings (SSSR count). The number of hydrogen-bond donors (Lipinski definition) is 2. The van der Waals surface area contributed by atoms with Gasteiger partial charge in [-0.3, -0.25) is 5.32 Å². The number of carbonyl (C=O) groups is 1. The van der Waals surface area contributed by atoms with E-state index in [-0.39, 0.29) is 11.6 Å². The molecule has 3 aromatic rings. The van der Waals surface area contributed by atoms with Crippen molar-refractivity contribution < 1.29 is 22.8 Å². The predicted octanol–water partition coefficient (Wildman–Crippen LogP) is 4.82. The second-order valence-electron chi connectivity index (χ2n) is 5.77. The van der Waals surface area contributed by atoms with E-state index in [0.29, 0.717) is 23.4 Å². The highest BCUT2D eigenvalue weighted by Crippen LogP contribution is 2.27. The molecule has 0 saturated heterocycles. The molecule has 1 heterocycles. The zero-order valence-corrected chi connectivity index (χ0v) is 14.4. The number of nitrogens with one attached hydrogen (secondary N) is 2. The summed E-state index contributed by atoms with van der Waals surface area (Å²) in [6.07, 6.45) is 0.377. The molecule has 0 atom stereocenters. The van der Waals surface area contributed by atoms with Gasteiger partial charge in [0.15, 0.2) is 5.82 Å². The van der Waals surface area contributed by atoms with E-state index in [9.17, 15) is 13.6 Å². The molecule has 140 valence electrons. The van der Waals surface area contributed by atoms with Crippen LogP contribution in [0.3, 0.4) is 0 Å². The van der Waals surface area contributed by atoms with E-state index >= 15 is 0 Å². The highest BCUT2D eigenvalue weighted by Gasteiger charge is 2.13. The molecule has 2 N–H and O–H groups in total. The maximum atomic E-state index is 12.7. The molecule has 0 spiro atoms. The number of hydrogen-bond acceptors (Lipinski definition) is 4. The normalized spacial score (nSPS) is 10.7. The van der Waals surface area contributed by atoms with Gasteiger partial charge in [0, 0.05) is 23.7 Å². The summed E-state index contributed by atoms with van der Waals surface area (Å²) in [7, 11) is 0. The molecule has 0 unspecified atom stereocenters. The van der Waals surface area contributed by atoms with Gasteiger partial charge in [0.05, 0.1) is 0 Å². The number of rotatable bonds is 6. The average Bonchev–Trinajstić information content (AvgIpc) is 3.02. The Morgan fingerprint density at radius 1 is 1.15 bits per heavy atom. The van der Waals surface area contributed by atoms with Gasteiger partial charge in [-0.15, -0.1) is 0 Å². The van der Waals surface area contributed by atoms with Crippen molar-refractivity contribution in [1.29, 1.82) is 0 Å². The van der Waals surface area contributed by atoms with Crippen LogP contribution in [-0.4, -0.2) is 17.8 Å². The zero-order chi connectivity index (χ0) is 19.2. The first-order valence-corrected chi connectivity index (χ1v) is 8.12. The van der Waals surface area contributed by atoms with E-state index in [1.807, 2.05) is 30.3 Å². The molecule has 27 heavy (non-hydrogen) atoms. The summed E-state index contributed by atoms with van der Waals surface area (Å²) in [5.41, 5.74) is 1.88. The topological polar surface area (TPSA) is 76.4 Å². The van der Waals surface area contributed by atoms with Crippen molar-refractivity contribution in [3.63, 3.8) is 0 Å². The van der Waals surface area contributed by atoms with Crippen molar-refractivity contribution >= 4 is 17.5 Å². The highest BCUT2D eigenvalue weighted by molar-refractivity contribution is 5.99. The van der Waals surface area contributed by atoms with Gasteiger partial charge in [-0.05, 0) is 30.7 Å². The number of amides is 2. The van der Waals surface area contributed by atoms with Gasteiger partial charge >= 0.3 is 12.6 Å². The fourth-order valence-electron chi connectivity index (χ4n) is 2.53. The van der Waals surface area contributed by atoms with Crippen molar-refractivity contribution in [2.45, 2.75) is 20.0 Å². The summed E-state index contributed by atoms with van der Waals surface area (Å²) >= 11 is 0. The lowest BCUT2D eigenvalue weighted by atomic mass is 10.0. The van der Waals surface area contributed by atoms with E-state index in [1.54, 1.807) is 19.1 Å². The van der Waals surface area contributed by atoms with Gasteiger partial charge in [-0.1, -0.05) is 35.5 Å². The summed E-state index contributed by atoms with van der Waals surface area (Å²) < 4.78 is 34.8. The fourth-order valence-corrected chi connectivity index (χ4v) is 2.53. The number of urea groups is 1. The standard InChI is InChI=1S/C19H17F2N3O3/c1-12-9-17(24-27-12)23-19(25)22-15-7-8-16(26-18(20)21)14(11-15)10-13-5-3-2-4-6-13/h2-9,11,18H,10H2,1H3,(H2,22,23,24,25). The SMILES string of the molecule is Cc1cc(NC(=O)Nc2ccc(OC(F)F)c(Cc3ccccc3)c2)no1. The minimum Gasteiger partial charge on any atom is -0.435 e. The van der Waals surface area contributed by atoms with Crippen LogP contribution in [0.4, 0.5) is 25.1 Å². The monoisotopic (exact) mass is 373 g/mol. The van der Waals surface area contributed by atoms with Crippen molar-refractivity contribution in [2.24, 2.45) is 0 Å². The van der Waals surface area contributed by atoms with Crippen molar-refractivity contribution in [2.75, 3.05) is 10.6 Å². The van der Waals surface area contributed by atoms with Crippen LogP contribution >= 0.6 is 0 Å². The minimum atomic E-state index is -2.93. The summed E-state index contributed by atoms with van der Waals surface area (Å²) in [6.45, 7) is -1.23. The Morgan fingerprint density at radius 2 is 1.93 bits per heavy atom. The summed E-state index contributed by atoms with van der Waals surface area (Å²) in [5, 5.41) is 8.82. The van der Waals surface area contributed by atoms with Gasteiger partial charge in [0.25, 0.3) is 0 Å². The Bertz CT molecular complexity index is 914. The third kappa shape index (κ3) is 5.27. The number of alkyl halides is 2.